The van der Waals surface area contributed by atoms with Crippen molar-refractivity contribution in [3.8, 4) is 0 Å². The zero-order chi connectivity index (χ0) is 21.3. The van der Waals surface area contributed by atoms with Crippen molar-refractivity contribution >= 4 is 40.5 Å². The van der Waals surface area contributed by atoms with Gasteiger partial charge in [-0.15, -0.1) is 28.7 Å². The fourth-order valence-corrected chi connectivity index (χ4v) is 3.50. The summed E-state index contributed by atoms with van der Waals surface area (Å²) in [6.45, 7) is 1.14. The Kier molecular flexibility index (Phi) is 9.54. The van der Waals surface area contributed by atoms with Gasteiger partial charge in [0.05, 0.1) is 29.2 Å². The van der Waals surface area contributed by atoms with Crippen molar-refractivity contribution in [2.75, 3.05) is 23.8 Å². The Morgan fingerprint density at radius 3 is 2.52 bits per heavy atom. The second-order valence-electron chi connectivity index (χ2n) is 6.69. The molecule has 0 bridgehead atoms. The van der Waals surface area contributed by atoms with Crippen molar-refractivity contribution in [2.45, 2.75) is 18.9 Å². The number of anilines is 2. The average molecular weight is 462 g/mol. The van der Waals surface area contributed by atoms with Crippen LogP contribution in [0.1, 0.15) is 22.9 Å². The van der Waals surface area contributed by atoms with E-state index in [-0.39, 0.29) is 18.8 Å². The van der Waals surface area contributed by atoms with Gasteiger partial charge in [0, 0.05) is 11.9 Å². The Hall–Kier alpha value is -2.85. The van der Waals surface area contributed by atoms with E-state index in [1.807, 2.05) is 42.5 Å². The van der Waals surface area contributed by atoms with Crippen molar-refractivity contribution in [3.63, 3.8) is 0 Å². The first-order valence-electron chi connectivity index (χ1n) is 9.45. The first-order valence-corrected chi connectivity index (χ1v) is 10.3. The van der Waals surface area contributed by atoms with Gasteiger partial charge in [0.15, 0.2) is 5.13 Å². The van der Waals surface area contributed by atoms with Crippen LogP contribution in [0.15, 0.2) is 65.3 Å². The van der Waals surface area contributed by atoms with Crippen molar-refractivity contribution in [2.24, 2.45) is 5.29 Å². The van der Waals surface area contributed by atoms with E-state index >= 15 is 0 Å². The molecule has 8 nitrogen and oxygen atoms in total. The molecule has 0 fully saturated rings. The number of hydrogen-bond donors (Lipinski definition) is 3. The van der Waals surface area contributed by atoms with Crippen molar-refractivity contribution in [1.82, 2.24) is 10.3 Å². The van der Waals surface area contributed by atoms with Crippen molar-refractivity contribution in [1.29, 1.82) is 0 Å². The maximum absolute atomic E-state index is 12.4. The van der Waals surface area contributed by atoms with E-state index in [2.05, 4.69) is 15.6 Å². The van der Waals surface area contributed by atoms with E-state index in [9.17, 15) is 14.8 Å². The summed E-state index contributed by atoms with van der Waals surface area (Å²) in [5, 5.41) is 19.1. The highest BCUT2D eigenvalue weighted by atomic mass is 35.5. The highest BCUT2D eigenvalue weighted by molar-refractivity contribution is 7.13. The Morgan fingerprint density at radius 2 is 1.90 bits per heavy atom. The standard InChI is InChI=1S/C21H23N5O3S.ClH/c22-21-24-17(14-30-21)12-20(28)26(25-29)18-8-6-15(7-9-18)10-11-23-13-19(27)16-4-2-1-3-5-16;/h1-9,14,19,23,27H,10-13H2,(H2,22,24);1H. The van der Waals surface area contributed by atoms with Gasteiger partial charge in [-0.25, -0.2) is 4.98 Å². The van der Waals surface area contributed by atoms with Crippen LogP contribution in [0.25, 0.3) is 0 Å². The molecule has 31 heavy (non-hydrogen) atoms. The lowest BCUT2D eigenvalue weighted by Gasteiger charge is -2.14. The Labute approximate surface area is 190 Å². The predicted octanol–water partition coefficient (Wildman–Crippen LogP) is 3.27. The van der Waals surface area contributed by atoms with Gasteiger partial charge in [0.2, 0.25) is 0 Å². The fraction of sp³-hybridized carbons (Fsp3) is 0.238. The molecule has 4 N–H and O–H groups in total. The molecule has 1 unspecified atom stereocenters. The maximum Gasteiger partial charge on any atom is 0.256 e. The predicted molar refractivity (Wildman–Crippen MR) is 125 cm³/mol. The van der Waals surface area contributed by atoms with E-state index in [1.54, 1.807) is 17.5 Å². The van der Waals surface area contributed by atoms with Crippen LogP contribution in [0, 0.1) is 4.91 Å². The van der Waals surface area contributed by atoms with Crippen molar-refractivity contribution in [3.05, 3.63) is 81.7 Å². The molecule has 1 aromatic heterocycles. The first-order chi connectivity index (χ1) is 14.6. The molecular weight excluding hydrogens is 438 g/mol. The molecule has 0 saturated carbocycles. The van der Waals surface area contributed by atoms with E-state index in [0.717, 1.165) is 22.6 Å². The summed E-state index contributed by atoms with van der Waals surface area (Å²) in [6.07, 6.45) is 0.136. The molecule has 0 saturated heterocycles. The Morgan fingerprint density at radius 1 is 1.19 bits per heavy atom. The molecule has 1 atom stereocenters. The molecule has 1 heterocycles. The summed E-state index contributed by atoms with van der Waals surface area (Å²) in [7, 11) is 0. The molecule has 10 heteroatoms. The number of rotatable bonds is 10. The number of nitrogens with zero attached hydrogens (tertiary/aromatic N) is 3. The topological polar surface area (TPSA) is 121 Å². The van der Waals surface area contributed by atoms with Crippen LogP contribution in [-0.4, -0.2) is 29.1 Å². The van der Waals surface area contributed by atoms with E-state index in [4.69, 9.17) is 5.73 Å². The number of nitrogen functional groups attached to an aromatic ring is 1. The van der Waals surface area contributed by atoms with Crippen LogP contribution in [0.3, 0.4) is 0 Å². The zero-order valence-electron chi connectivity index (χ0n) is 16.7. The fourth-order valence-electron chi connectivity index (χ4n) is 2.94. The number of nitrogens with two attached hydrogens (primary N) is 1. The molecule has 0 radical (unpaired) electrons. The van der Waals surface area contributed by atoms with Gasteiger partial charge in [-0.3, -0.25) is 4.79 Å². The zero-order valence-corrected chi connectivity index (χ0v) is 18.3. The SMILES string of the molecule is Cl.Nc1nc(CC(=O)N(N=O)c2ccc(CCNCC(O)c3ccccc3)cc2)cs1. The quantitative estimate of drug-likeness (QED) is 0.242. The third kappa shape index (κ3) is 7.11. The smallest absolute Gasteiger partial charge is 0.256 e. The van der Waals surface area contributed by atoms with Crippen LogP contribution in [0.5, 0.6) is 0 Å². The molecular formula is C21H24ClN5O3S. The second-order valence-corrected chi connectivity index (χ2v) is 7.58. The number of nitrogens with one attached hydrogen (secondary N) is 1. The lowest BCUT2D eigenvalue weighted by Crippen LogP contribution is -2.26. The van der Waals surface area contributed by atoms with Gasteiger partial charge in [-0.05, 0) is 36.2 Å². The third-order valence-corrected chi connectivity index (χ3v) is 5.24. The molecule has 3 rings (SSSR count). The Bertz CT molecular complexity index is 969. The molecule has 0 spiro atoms. The molecule has 2 aromatic carbocycles. The number of thiazole rings is 1. The average Bonchev–Trinajstić information content (AvgIpc) is 3.17. The summed E-state index contributed by atoms with van der Waals surface area (Å²) in [4.78, 5) is 27.6. The number of halogens is 1. The van der Waals surface area contributed by atoms with E-state index in [0.29, 0.717) is 29.6 Å². The van der Waals surface area contributed by atoms with Gasteiger partial charge in [-0.1, -0.05) is 42.5 Å². The summed E-state index contributed by atoms with van der Waals surface area (Å²) in [6, 6.07) is 16.5. The number of nitroso groups, excluding NO2 is 1. The summed E-state index contributed by atoms with van der Waals surface area (Å²) >= 11 is 1.24. The highest BCUT2D eigenvalue weighted by Gasteiger charge is 2.18. The largest absolute Gasteiger partial charge is 0.387 e. The normalized spacial score (nSPS) is 11.4. The van der Waals surface area contributed by atoms with Gasteiger partial charge in [0.1, 0.15) is 0 Å². The third-order valence-electron chi connectivity index (χ3n) is 4.51. The number of aliphatic hydroxyl groups excluding tert-OH is 1. The van der Waals surface area contributed by atoms with E-state index in [1.165, 1.54) is 11.3 Å². The minimum absolute atomic E-state index is 0. The Balaban J connectivity index is 0.00000341. The summed E-state index contributed by atoms with van der Waals surface area (Å²) in [5.74, 6) is -0.473. The van der Waals surface area contributed by atoms with Gasteiger partial charge < -0.3 is 16.2 Å². The van der Waals surface area contributed by atoms with Crippen molar-refractivity contribution < 1.29 is 9.90 Å². The number of carbonyl (C=O) groups excluding carboxylic acids is 1. The lowest BCUT2D eigenvalue weighted by molar-refractivity contribution is -0.118. The lowest BCUT2D eigenvalue weighted by atomic mass is 10.1. The number of hydrogen-bond acceptors (Lipinski definition) is 8. The molecule has 0 aliphatic rings. The van der Waals surface area contributed by atoms with Gasteiger partial charge in [0.25, 0.3) is 5.91 Å². The highest BCUT2D eigenvalue weighted by Crippen LogP contribution is 2.19. The molecule has 3 aromatic rings. The second kappa shape index (κ2) is 12.1. The van der Waals surface area contributed by atoms with Crippen LogP contribution in [0.4, 0.5) is 10.8 Å². The van der Waals surface area contributed by atoms with Crippen LogP contribution in [0.2, 0.25) is 0 Å². The number of aliphatic hydroxyl groups is 1. The number of amides is 1. The minimum atomic E-state index is -0.556. The van der Waals surface area contributed by atoms with E-state index < -0.39 is 12.0 Å². The molecule has 0 aliphatic carbocycles. The molecule has 164 valence electrons. The van der Waals surface area contributed by atoms with Gasteiger partial charge >= 0.3 is 0 Å². The molecule has 1 amide bonds. The number of benzene rings is 2. The number of carbonyl (C=O) groups is 1. The van der Waals surface area contributed by atoms with Gasteiger partial charge in [-0.2, -0.15) is 5.01 Å². The molecule has 0 aliphatic heterocycles. The van der Waals surface area contributed by atoms with Crippen LogP contribution in [-0.2, 0) is 17.6 Å². The monoisotopic (exact) mass is 461 g/mol. The first kappa shape index (κ1) is 24.4. The van der Waals surface area contributed by atoms with Crippen LogP contribution < -0.4 is 16.1 Å². The maximum atomic E-state index is 12.4. The minimum Gasteiger partial charge on any atom is -0.387 e. The van der Waals surface area contributed by atoms with Crippen LogP contribution >= 0.6 is 23.7 Å². The number of aromatic nitrogens is 1. The summed E-state index contributed by atoms with van der Waals surface area (Å²) in [5.41, 5.74) is 8.38. The summed E-state index contributed by atoms with van der Waals surface area (Å²) < 4.78 is 0.